The summed E-state index contributed by atoms with van der Waals surface area (Å²) in [7, 11) is 0. The fourth-order valence-corrected chi connectivity index (χ4v) is 2.89. The zero-order valence-electron chi connectivity index (χ0n) is 13.9. The molecule has 3 N–H and O–H groups in total. The summed E-state index contributed by atoms with van der Waals surface area (Å²) in [4.78, 5) is 38.8. The van der Waals surface area contributed by atoms with Gasteiger partial charge in [-0.15, -0.1) is 0 Å². The Balaban J connectivity index is 1.49. The average Bonchev–Trinajstić information content (AvgIpc) is 2.73. The highest BCUT2D eigenvalue weighted by Crippen LogP contribution is 2.18. The Morgan fingerprint density at radius 1 is 1.24 bits per heavy atom. The topological polar surface area (TPSA) is 99.8 Å². The van der Waals surface area contributed by atoms with Gasteiger partial charge in [0.15, 0.2) is 0 Å². The Bertz CT molecular complexity index is 658. The lowest BCUT2D eigenvalue weighted by atomic mass is 10.1. The van der Waals surface area contributed by atoms with Crippen LogP contribution in [0.2, 0.25) is 0 Å². The second kappa shape index (κ2) is 8.09. The highest BCUT2D eigenvalue weighted by molar-refractivity contribution is 6.10. The van der Waals surface area contributed by atoms with E-state index in [0.29, 0.717) is 31.0 Å². The molecule has 0 radical (unpaired) electrons. The van der Waals surface area contributed by atoms with Crippen LogP contribution >= 0.6 is 0 Å². The van der Waals surface area contributed by atoms with Gasteiger partial charge in [-0.25, -0.2) is 0 Å². The van der Waals surface area contributed by atoms with E-state index >= 15 is 0 Å². The number of nitrogens with zero attached hydrogens (tertiary/aromatic N) is 1. The molecule has 2 aliphatic heterocycles. The highest BCUT2D eigenvalue weighted by atomic mass is 16.5. The minimum Gasteiger partial charge on any atom is -0.379 e. The van der Waals surface area contributed by atoms with Crippen molar-refractivity contribution < 1.29 is 19.1 Å². The lowest BCUT2D eigenvalue weighted by Crippen LogP contribution is -2.46. The highest BCUT2D eigenvalue weighted by Gasteiger charge is 2.29. The van der Waals surface area contributed by atoms with Crippen molar-refractivity contribution in [1.82, 2.24) is 15.5 Å². The first-order valence-electron chi connectivity index (χ1n) is 8.41. The predicted octanol–water partition coefficient (Wildman–Crippen LogP) is -0.424. The second-order valence-corrected chi connectivity index (χ2v) is 6.07. The number of nitrogens with one attached hydrogen (secondary N) is 3. The smallest absolute Gasteiger partial charge is 0.254 e. The van der Waals surface area contributed by atoms with E-state index in [-0.39, 0.29) is 24.1 Å². The van der Waals surface area contributed by atoms with Crippen LogP contribution in [0.1, 0.15) is 16.8 Å². The molecular weight excluding hydrogens is 324 g/mol. The van der Waals surface area contributed by atoms with Gasteiger partial charge in [-0.2, -0.15) is 0 Å². The monoisotopic (exact) mass is 346 g/mol. The van der Waals surface area contributed by atoms with Gasteiger partial charge in [-0.05, 0) is 12.1 Å². The minimum atomic E-state index is -0.886. The number of amides is 3. The zero-order valence-corrected chi connectivity index (χ0v) is 13.9. The molecule has 2 aliphatic rings. The van der Waals surface area contributed by atoms with Crippen LogP contribution in [-0.4, -0.2) is 68.1 Å². The molecule has 0 spiro atoms. The van der Waals surface area contributed by atoms with Crippen LogP contribution in [0.15, 0.2) is 24.3 Å². The van der Waals surface area contributed by atoms with E-state index in [1.807, 2.05) is 0 Å². The SMILES string of the molecule is O=C(C[C@H]1NC(=O)c2ccccc2NC1=O)NCCN1CCOCC1. The van der Waals surface area contributed by atoms with Crippen molar-refractivity contribution in [3.63, 3.8) is 0 Å². The molecule has 0 bridgehead atoms. The maximum absolute atomic E-state index is 12.3. The molecule has 2 heterocycles. The maximum Gasteiger partial charge on any atom is 0.254 e. The second-order valence-electron chi connectivity index (χ2n) is 6.07. The summed E-state index contributed by atoms with van der Waals surface area (Å²) in [5, 5.41) is 8.11. The predicted molar refractivity (Wildman–Crippen MR) is 91.2 cm³/mol. The number of ether oxygens (including phenoxy) is 1. The van der Waals surface area contributed by atoms with Crippen LogP contribution in [0.25, 0.3) is 0 Å². The summed E-state index contributed by atoms with van der Waals surface area (Å²) in [6, 6.07) is 5.88. The van der Waals surface area contributed by atoms with Gasteiger partial charge in [0.2, 0.25) is 11.8 Å². The number of carbonyl (C=O) groups is 3. The number of morpholine rings is 1. The van der Waals surface area contributed by atoms with Crippen LogP contribution in [0, 0.1) is 0 Å². The molecule has 25 heavy (non-hydrogen) atoms. The van der Waals surface area contributed by atoms with E-state index in [0.717, 1.165) is 19.6 Å². The van der Waals surface area contributed by atoms with E-state index in [9.17, 15) is 14.4 Å². The Morgan fingerprint density at radius 3 is 2.80 bits per heavy atom. The molecule has 0 aliphatic carbocycles. The standard InChI is InChI=1S/C17H22N4O4/c22-15(18-5-6-21-7-9-25-10-8-21)11-14-17(24)19-13-4-2-1-3-12(13)16(23)20-14/h1-4,14H,5-11H2,(H,18,22)(H,19,24)(H,20,23)/t14-/m1/s1. The largest absolute Gasteiger partial charge is 0.379 e. The molecular formula is C17H22N4O4. The number of benzene rings is 1. The fraction of sp³-hybridized carbons (Fsp3) is 0.471. The van der Waals surface area contributed by atoms with Crippen molar-refractivity contribution in [2.75, 3.05) is 44.7 Å². The van der Waals surface area contributed by atoms with Crippen LogP contribution in [0.5, 0.6) is 0 Å². The van der Waals surface area contributed by atoms with Crippen LogP contribution < -0.4 is 16.0 Å². The van der Waals surface area contributed by atoms with E-state index in [4.69, 9.17) is 4.74 Å². The third kappa shape index (κ3) is 4.55. The number of carbonyl (C=O) groups excluding carboxylic acids is 3. The zero-order chi connectivity index (χ0) is 17.6. The molecule has 3 amide bonds. The van der Waals surface area contributed by atoms with Gasteiger partial charge >= 0.3 is 0 Å². The lowest BCUT2D eigenvalue weighted by Gasteiger charge is -2.26. The minimum absolute atomic E-state index is 0.0886. The van der Waals surface area contributed by atoms with Gasteiger partial charge in [-0.1, -0.05) is 12.1 Å². The van der Waals surface area contributed by atoms with Crippen molar-refractivity contribution in [3.8, 4) is 0 Å². The number of fused-ring (bicyclic) bond motifs is 1. The van der Waals surface area contributed by atoms with Crippen molar-refractivity contribution in [1.29, 1.82) is 0 Å². The number of hydrogen-bond donors (Lipinski definition) is 3. The molecule has 1 aromatic carbocycles. The molecule has 0 saturated carbocycles. The van der Waals surface area contributed by atoms with Crippen LogP contribution in [0.4, 0.5) is 5.69 Å². The van der Waals surface area contributed by atoms with Gasteiger partial charge in [0.1, 0.15) is 6.04 Å². The first kappa shape index (κ1) is 17.4. The van der Waals surface area contributed by atoms with Gasteiger partial charge in [0.05, 0.1) is 30.9 Å². The number of rotatable bonds is 5. The number of anilines is 1. The maximum atomic E-state index is 12.3. The Hall–Kier alpha value is -2.45. The van der Waals surface area contributed by atoms with Crippen molar-refractivity contribution in [2.45, 2.75) is 12.5 Å². The first-order valence-corrected chi connectivity index (χ1v) is 8.41. The fourth-order valence-electron chi connectivity index (χ4n) is 2.89. The number of para-hydroxylation sites is 1. The van der Waals surface area contributed by atoms with Gasteiger partial charge in [-0.3, -0.25) is 19.3 Å². The average molecular weight is 346 g/mol. The Morgan fingerprint density at radius 2 is 2.00 bits per heavy atom. The van der Waals surface area contributed by atoms with Crippen LogP contribution in [-0.2, 0) is 14.3 Å². The normalized spacial score (nSPS) is 20.9. The molecule has 134 valence electrons. The van der Waals surface area contributed by atoms with Gasteiger partial charge < -0.3 is 20.7 Å². The summed E-state index contributed by atoms with van der Waals surface area (Å²) in [6.45, 7) is 4.38. The Kier molecular flexibility index (Phi) is 5.62. The molecule has 8 nitrogen and oxygen atoms in total. The Labute approximate surface area is 145 Å². The quantitative estimate of drug-likeness (QED) is 0.672. The summed E-state index contributed by atoms with van der Waals surface area (Å²) < 4.78 is 5.27. The van der Waals surface area contributed by atoms with E-state index in [1.54, 1.807) is 24.3 Å². The van der Waals surface area contributed by atoms with E-state index < -0.39 is 6.04 Å². The summed E-state index contributed by atoms with van der Waals surface area (Å²) in [5.74, 6) is -1.01. The van der Waals surface area contributed by atoms with Gasteiger partial charge in [0.25, 0.3) is 5.91 Å². The third-order valence-corrected chi connectivity index (χ3v) is 4.29. The molecule has 8 heteroatoms. The van der Waals surface area contributed by atoms with Crippen molar-refractivity contribution >= 4 is 23.4 Å². The van der Waals surface area contributed by atoms with E-state index in [1.165, 1.54) is 0 Å². The number of hydrogen-bond acceptors (Lipinski definition) is 5. The molecule has 3 rings (SSSR count). The molecule has 1 atom stereocenters. The molecule has 0 unspecified atom stereocenters. The molecule has 1 saturated heterocycles. The summed E-state index contributed by atoms with van der Waals surface area (Å²) >= 11 is 0. The lowest BCUT2D eigenvalue weighted by molar-refractivity contribution is -0.125. The summed E-state index contributed by atoms with van der Waals surface area (Å²) in [6.07, 6.45) is -0.0886. The van der Waals surface area contributed by atoms with Crippen molar-refractivity contribution in [3.05, 3.63) is 29.8 Å². The third-order valence-electron chi connectivity index (χ3n) is 4.29. The van der Waals surface area contributed by atoms with E-state index in [2.05, 4.69) is 20.9 Å². The molecule has 1 aromatic rings. The molecule has 1 fully saturated rings. The van der Waals surface area contributed by atoms with Crippen LogP contribution in [0.3, 0.4) is 0 Å². The van der Waals surface area contributed by atoms with Crippen molar-refractivity contribution in [2.24, 2.45) is 0 Å². The van der Waals surface area contributed by atoms with Gasteiger partial charge in [0, 0.05) is 26.2 Å². The first-order chi connectivity index (χ1) is 12.1. The molecule has 0 aromatic heterocycles. The summed E-state index contributed by atoms with van der Waals surface area (Å²) in [5.41, 5.74) is 0.853.